The van der Waals surface area contributed by atoms with Crippen LogP contribution >= 0.6 is 24.0 Å². The van der Waals surface area contributed by atoms with Crippen molar-refractivity contribution in [3.05, 3.63) is 35.4 Å². The van der Waals surface area contributed by atoms with Gasteiger partial charge in [-0.2, -0.15) is 0 Å². The summed E-state index contributed by atoms with van der Waals surface area (Å²) in [5.74, 6) is -0.166. The maximum atomic E-state index is 13.5. The molecule has 132 valence electrons. The van der Waals surface area contributed by atoms with Gasteiger partial charge >= 0.3 is 0 Å². The van der Waals surface area contributed by atoms with Crippen molar-refractivity contribution in [2.45, 2.75) is 32.7 Å². The lowest BCUT2D eigenvalue weighted by Crippen LogP contribution is -2.44. The second-order valence-electron chi connectivity index (χ2n) is 6.09. The van der Waals surface area contributed by atoms with E-state index in [1.165, 1.54) is 6.07 Å². The van der Waals surface area contributed by atoms with Gasteiger partial charge < -0.3 is 16.0 Å². The Morgan fingerprint density at radius 3 is 2.35 bits per heavy atom. The zero-order valence-electron chi connectivity index (χ0n) is 14.2. The van der Waals surface area contributed by atoms with Crippen LogP contribution in [0.3, 0.4) is 0 Å². The topological polar surface area (TPSA) is 48.5 Å². The van der Waals surface area contributed by atoms with Crippen LogP contribution in [0.1, 0.15) is 26.3 Å². The van der Waals surface area contributed by atoms with Crippen molar-refractivity contribution in [3.63, 3.8) is 0 Å². The summed E-state index contributed by atoms with van der Waals surface area (Å²) in [4.78, 5) is 4.09. The van der Waals surface area contributed by atoms with Gasteiger partial charge in [0.15, 0.2) is 5.96 Å². The molecule has 0 radical (unpaired) electrons. The van der Waals surface area contributed by atoms with Crippen LogP contribution in [0, 0.1) is 11.6 Å². The molecule has 23 heavy (non-hydrogen) atoms. The fraction of sp³-hybridized carbons (Fsp3) is 0.562. The van der Waals surface area contributed by atoms with Crippen molar-refractivity contribution >= 4 is 29.9 Å². The first kappa shape index (κ1) is 22.0. The molecule has 1 rings (SSSR count). The number of guanidine groups is 1. The molecule has 4 nitrogen and oxygen atoms in total. The molecule has 0 aliphatic carbocycles. The van der Waals surface area contributed by atoms with Gasteiger partial charge in [0.1, 0.15) is 11.6 Å². The fourth-order valence-electron chi connectivity index (χ4n) is 1.89. The average Bonchev–Trinajstić information content (AvgIpc) is 2.44. The molecule has 0 saturated heterocycles. The first-order chi connectivity index (χ1) is 10.3. The fourth-order valence-corrected chi connectivity index (χ4v) is 1.89. The molecule has 7 heteroatoms. The summed E-state index contributed by atoms with van der Waals surface area (Å²) in [6.07, 6.45) is 0.393. The molecule has 0 aliphatic heterocycles. The Labute approximate surface area is 154 Å². The highest BCUT2D eigenvalue weighted by Crippen LogP contribution is 2.09. The van der Waals surface area contributed by atoms with Gasteiger partial charge in [-0.25, -0.2) is 8.78 Å². The Balaban J connectivity index is 0.00000484. The van der Waals surface area contributed by atoms with Gasteiger partial charge in [0.2, 0.25) is 0 Å². The molecular formula is C16H27F2IN4. The molecule has 0 fully saturated rings. The van der Waals surface area contributed by atoms with Crippen LogP contribution in [-0.4, -0.2) is 38.2 Å². The SMILES string of the molecule is CN=C(NCCNC(C)(C)C)NCCc1cc(F)ccc1F.I. The zero-order valence-corrected chi connectivity index (χ0v) is 16.5. The lowest BCUT2D eigenvalue weighted by atomic mass is 10.1. The Kier molecular flexibility index (Phi) is 10.3. The lowest BCUT2D eigenvalue weighted by Gasteiger charge is -2.21. The summed E-state index contributed by atoms with van der Waals surface area (Å²) in [6.45, 7) is 8.33. The largest absolute Gasteiger partial charge is 0.356 e. The summed E-state index contributed by atoms with van der Waals surface area (Å²) in [5, 5.41) is 9.61. The number of hydrogen-bond donors (Lipinski definition) is 3. The summed E-state index contributed by atoms with van der Waals surface area (Å²) in [5.41, 5.74) is 0.436. The first-order valence-corrected chi connectivity index (χ1v) is 7.45. The molecule has 0 unspecified atom stereocenters. The number of benzene rings is 1. The minimum absolute atomic E-state index is 0. The second-order valence-corrected chi connectivity index (χ2v) is 6.09. The maximum absolute atomic E-state index is 13.5. The minimum atomic E-state index is -0.424. The van der Waals surface area contributed by atoms with E-state index < -0.39 is 5.82 Å². The van der Waals surface area contributed by atoms with Gasteiger partial charge in [-0.1, -0.05) is 0 Å². The van der Waals surface area contributed by atoms with Gasteiger partial charge in [0.05, 0.1) is 0 Å². The second kappa shape index (κ2) is 10.7. The van der Waals surface area contributed by atoms with E-state index in [1.807, 2.05) is 0 Å². The summed E-state index contributed by atoms with van der Waals surface area (Å²) in [6, 6.07) is 3.49. The van der Waals surface area contributed by atoms with E-state index in [0.29, 0.717) is 24.5 Å². The van der Waals surface area contributed by atoms with Crippen molar-refractivity contribution in [3.8, 4) is 0 Å². The van der Waals surface area contributed by atoms with Crippen molar-refractivity contribution in [2.24, 2.45) is 4.99 Å². The molecule has 0 spiro atoms. The standard InChI is InChI=1S/C16H26F2N4.HI/c1-16(2,3)22-10-9-21-15(19-4)20-8-7-12-11-13(17)5-6-14(12)18;/h5-6,11,22H,7-10H2,1-4H3,(H2,19,20,21);1H. The van der Waals surface area contributed by atoms with Gasteiger partial charge in [-0.05, 0) is 51.0 Å². The number of nitrogens with zero attached hydrogens (tertiary/aromatic N) is 1. The summed E-state index contributed by atoms with van der Waals surface area (Å²) < 4.78 is 26.6. The molecule has 1 aromatic carbocycles. The Morgan fingerprint density at radius 2 is 1.74 bits per heavy atom. The van der Waals surface area contributed by atoms with Gasteiger partial charge in [0.25, 0.3) is 0 Å². The summed E-state index contributed by atoms with van der Waals surface area (Å²) in [7, 11) is 1.68. The van der Waals surface area contributed by atoms with Crippen LogP contribution < -0.4 is 16.0 Å². The minimum Gasteiger partial charge on any atom is -0.356 e. The zero-order chi connectivity index (χ0) is 16.6. The van der Waals surface area contributed by atoms with Crippen LogP contribution in [0.5, 0.6) is 0 Å². The van der Waals surface area contributed by atoms with Crippen LogP contribution in [0.25, 0.3) is 0 Å². The van der Waals surface area contributed by atoms with E-state index in [-0.39, 0.29) is 35.3 Å². The third-order valence-electron chi connectivity index (χ3n) is 2.99. The molecule has 1 aromatic rings. The van der Waals surface area contributed by atoms with Crippen LogP contribution in [-0.2, 0) is 6.42 Å². The van der Waals surface area contributed by atoms with Gasteiger partial charge in [0, 0.05) is 32.2 Å². The molecule has 0 aromatic heterocycles. The highest BCUT2D eigenvalue weighted by Gasteiger charge is 2.08. The number of nitrogens with one attached hydrogen (secondary N) is 3. The van der Waals surface area contributed by atoms with E-state index in [9.17, 15) is 8.78 Å². The first-order valence-electron chi connectivity index (χ1n) is 7.45. The average molecular weight is 440 g/mol. The molecule has 0 saturated carbocycles. The van der Waals surface area contributed by atoms with E-state index >= 15 is 0 Å². The van der Waals surface area contributed by atoms with E-state index in [2.05, 4.69) is 41.7 Å². The van der Waals surface area contributed by atoms with E-state index in [1.54, 1.807) is 7.05 Å². The Hall–Kier alpha value is -0.960. The normalized spacial score (nSPS) is 11.8. The predicted octanol–water partition coefficient (Wildman–Crippen LogP) is 2.68. The molecule has 0 amide bonds. The quantitative estimate of drug-likeness (QED) is 0.276. The Morgan fingerprint density at radius 1 is 1.09 bits per heavy atom. The third kappa shape index (κ3) is 9.70. The highest BCUT2D eigenvalue weighted by molar-refractivity contribution is 14.0. The molecule has 3 N–H and O–H groups in total. The predicted molar refractivity (Wildman–Crippen MR) is 103 cm³/mol. The Bertz CT molecular complexity index is 501. The number of aliphatic imine (C=N–C) groups is 1. The molecule has 0 atom stereocenters. The number of hydrogen-bond acceptors (Lipinski definition) is 2. The van der Waals surface area contributed by atoms with Gasteiger partial charge in [-0.15, -0.1) is 24.0 Å². The lowest BCUT2D eigenvalue weighted by molar-refractivity contribution is 0.428. The number of halogens is 3. The van der Waals surface area contributed by atoms with Crippen molar-refractivity contribution in [1.82, 2.24) is 16.0 Å². The molecular weight excluding hydrogens is 413 g/mol. The van der Waals surface area contributed by atoms with Crippen LogP contribution in [0.2, 0.25) is 0 Å². The molecule has 0 aliphatic rings. The third-order valence-corrected chi connectivity index (χ3v) is 2.99. The van der Waals surface area contributed by atoms with Crippen LogP contribution in [0.4, 0.5) is 8.78 Å². The smallest absolute Gasteiger partial charge is 0.191 e. The summed E-state index contributed by atoms with van der Waals surface area (Å²) >= 11 is 0. The van der Waals surface area contributed by atoms with E-state index in [0.717, 1.165) is 25.2 Å². The monoisotopic (exact) mass is 440 g/mol. The number of rotatable bonds is 6. The van der Waals surface area contributed by atoms with Crippen molar-refractivity contribution in [1.29, 1.82) is 0 Å². The van der Waals surface area contributed by atoms with Gasteiger partial charge in [-0.3, -0.25) is 4.99 Å². The van der Waals surface area contributed by atoms with Crippen LogP contribution in [0.15, 0.2) is 23.2 Å². The van der Waals surface area contributed by atoms with Crippen molar-refractivity contribution < 1.29 is 8.78 Å². The maximum Gasteiger partial charge on any atom is 0.191 e. The molecule has 0 heterocycles. The van der Waals surface area contributed by atoms with Crippen molar-refractivity contribution in [2.75, 3.05) is 26.7 Å². The highest BCUT2D eigenvalue weighted by atomic mass is 127. The molecule has 0 bridgehead atoms. The van der Waals surface area contributed by atoms with E-state index in [4.69, 9.17) is 0 Å².